The van der Waals surface area contributed by atoms with Gasteiger partial charge in [0.1, 0.15) is 5.76 Å². The second-order valence-corrected chi connectivity index (χ2v) is 6.61. The van der Waals surface area contributed by atoms with Crippen LogP contribution in [0.5, 0.6) is 0 Å². The third kappa shape index (κ3) is 3.73. The Morgan fingerprint density at radius 1 is 1.33 bits per heavy atom. The predicted octanol–water partition coefficient (Wildman–Crippen LogP) is 3.38. The third-order valence-electron chi connectivity index (χ3n) is 3.72. The molecule has 2 aromatic rings. The molecule has 0 spiro atoms. The number of hydrogen-bond donors (Lipinski definition) is 0. The van der Waals surface area contributed by atoms with Gasteiger partial charge in [0.2, 0.25) is 5.89 Å². The molecule has 0 radical (unpaired) electrons. The van der Waals surface area contributed by atoms with Gasteiger partial charge in [-0.15, -0.1) is 0 Å². The van der Waals surface area contributed by atoms with E-state index in [1.54, 1.807) is 0 Å². The van der Waals surface area contributed by atoms with Crippen molar-refractivity contribution in [2.45, 2.75) is 59.2 Å². The van der Waals surface area contributed by atoms with E-state index in [4.69, 9.17) is 4.42 Å². The minimum Gasteiger partial charge on any atom is -0.443 e. The lowest BCUT2D eigenvalue weighted by molar-refractivity contribution is 0.210. The highest BCUT2D eigenvalue weighted by Crippen LogP contribution is 2.27. The van der Waals surface area contributed by atoms with Crippen LogP contribution in [0.2, 0.25) is 0 Å². The molecule has 0 amide bonds. The lowest BCUT2D eigenvalue weighted by Gasteiger charge is -2.21. The zero-order valence-electron chi connectivity index (χ0n) is 13.9. The largest absolute Gasteiger partial charge is 0.443 e. The highest BCUT2D eigenvalue weighted by atomic mass is 16.4. The monoisotopic (exact) mass is 290 g/mol. The Labute approximate surface area is 127 Å². The van der Waals surface area contributed by atoms with Crippen LogP contribution in [-0.2, 0) is 18.5 Å². The van der Waals surface area contributed by atoms with E-state index in [1.165, 1.54) is 5.56 Å². The number of aromatic nitrogens is 3. The molecule has 0 aliphatic heterocycles. The van der Waals surface area contributed by atoms with Crippen molar-refractivity contribution in [2.24, 2.45) is 0 Å². The van der Waals surface area contributed by atoms with E-state index in [1.807, 2.05) is 17.1 Å². The summed E-state index contributed by atoms with van der Waals surface area (Å²) in [4.78, 5) is 6.66. The van der Waals surface area contributed by atoms with Gasteiger partial charge in [-0.05, 0) is 20.9 Å². The highest BCUT2D eigenvalue weighted by molar-refractivity contribution is 5.08. The third-order valence-corrected chi connectivity index (χ3v) is 3.72. The van der Waals surface area contributed by atoms with Crippen molar-refractivity contribution < 1.29 is 4.42 Å². The van der Waals surface area contributed by atoms with Gasteiger partial charge in [0.15, 0.2) is 0 Å². The summed E-state index contributed by atoms with van der Waals surface area (Å²) in [6.45, 7) is 12.3. The van der Waals surface area contributed by atoms with Crippen molar-refractivity contribution in [3.8, 4) is 0 Å². The van der Waals surface area contributed by atoms with E-state index in [9.17, 15) is 0 Å². The molecule has 5 nitrogen and oxygen atoms in total. The maximum Gasteiger partial charge on any atom is 0.211 e. The minimum atomic E-state index is -0.00813. The fourth-order valence-electron chi connectivity index (χ4n) is 2.10. The van der Waals surface area contributed by atoms with Crippen molar-refractivity contribution in [1.29, 1.82) is 0 Å². The molecule has 1 atom stereocenters. The molecule has 2 heterocycles. The number of aryl methyl sites for hydroxylation is 1. The van der Waals surface area contributed by atoms with Crippen molar-refractivity contribution in [1.82, 2.24) is 19.7 Å². The van der Waals surface area contributed by atoms with Gasteiger partial charge in [-0.1, -0.05) is 20.8 Å². The molecule has 0 saturated heterocycles. The Morgan fingerprint density at radius 2 is 2.05 bits per heavy atom. The summed E-state index contributed by atoms with van der Waals surface area (Å²) in [5, 5.41) is 4.31. The van der Waals surface area contributed by atoms with Crippen LogP contribution in [0.25, 0.3) is 0 Å². The fraction of sp³-hybridized carbons (Fsp3) is 0.625. The predicted molar refractivity (Wildman–Crippen MR) is 83.0 cm³/mol. The standard InChI is InChI=1S/C16H26N4O/c1-7-20-11-13(8-18-20)10-19(6)12(2)15-17-9-14(21-15)16(3,4)5/h8-9,11-12H,7,10H2,1-6H3/t12-/m1/s1. The van der Waals surface area contributed by atoms with Gasteiger partial charge in [-0.2, -0.15) is 5.10 Å². The zero-order chi connectivity index (χ0) is 15.6. The Bertz CT molecular complexity index is 579. The summed E-state index contributed by atoms with van der Waals surface area (Å²) in [5.41, 5.74) is 1.19. The summed E-state index contributed by atoms with van der Waals surface area (Å²) < 4.78 is 7.86. The van der Waals surface area contributed by atoms with E-state index in [0.717, 1.165) is 24.7 Å². The van der Waals surface area contributed by atoms with Crippen LogP contribution < -0.4 is 0 Å². The molecule has 0 aromatic carbocycles. The van der Waals surface area contributed by atoms with E-state index < -0.39 is 0 Å². The normalized spacial score (nSPS) is 13.9. The molecule has 0 N–H and O–H groups in total. The van der Waals surface area contributed by atoms with Crippen LogP contribution >= 0.6 is 0 Å². The van der Waals surface area contributed by atoms with Crippen molar-refractivity contribution in [2.75, 3.05) is 7.05 Å². The summed E-state index contributed by atoms with van der Waals surface area (Å²) >= 11 is 0. The second kappa shape index (κ2) is 6.02. The van der Waals surface area contributed by atoms with Crippen molar-refractivity contribution >= 4 is 0 Å². The first-order valence-electron chi connectivity index (χ1n) is 7.49. The number of rotatable bonds is 5. The lowest BCUT2D eigenvalue weighted by Crippen LogP contribution is -2.22. The Balaban J connectivity index is 2.04. The molecule has 0 fully saturated rings. The van der Waals surface area contributed by atoms with Gasteiger partial charge >= 0.3 is 0 Å². The quantitative estimate of drug-likeness (QED) is 0.847. The maximum absolute atomic E-state index is 5.92. The molecule has 0 aliphatic rings. The van der Waals surface area contributed by atoms with Crippen LogP contribution in [0.1, 0.15) is 57.9 Å². The second-order valence-electron chi connectivity index (χ2n) is 6.61. The first-order valence-corrected chi connectivity index (χ1v) is 7.49. The van der Waals surface area contributed by atoms with Crippen LogP contribution in [0.3, 0.4) is 0 Å². The summed E-state index contributed by atoms with van der Waals surface area (Å²) in [5.74, 6) is 1.70. The van der Waals surface area contributed by atoms with Gasteiger partial charge in [-0.3, -0.25) is 9.58 Å². The van der Waals surface area contributed by atoms with Crippen LogP contribution in [0.15, 0.2) is 23.0 Å². The van der Waals surface area contributed by atoms with E-state index >= 15 is 0 Å². The molecular weight excluding hydrogens is 264 g/mol. The van der Waals surface area contributed by atoms with Gasteiger partial charge in [-0.25, -0.2) is 4.98 Å². The topological polar surface area (TPSA) is 47.1 Å². The first-order chi connectivity index (χ1) is 9.81. The molecule has 2 aromatic heterocycles. The molecular formula is C16H26N4O. The zero-order valence-corrected chi connectivity index (χ0v) is 13.9. The smallest absolute Gasteiger partial charge is 0.211 e. The molecule has 116 valence electrons. The Kier molecular flexibility index (Phi) is 4.52. The number of hydrogen-bond acceptors (Lipinski definition) is 4. The van der Waals surface area contributed by atoms with Gasteiger partial charge in [0, 0.05) is 30.3 Å². The first kappa shape index (κ1) is 15.8. The number of oxazole rings is 1. The fourth-order valence-corrected chi connectivity index (χ4v) is 2.10. The Morgan fingerprint density at radius 3 is 2.57 bits per heavy atom. The molecule has 0 bridgehead atoms. The average molecular weight is 290 g/mol. The summed E-state index contributed by atoms with van der Waals surface area (Å²) in [6, 6.07) is 0.131. The molecule has 5 heteroatoms. The SMILES string of the molecule is CCn1cc(CN(C)[C@H](C)c2ncc(C(C)(C)C)o2)cn1. The summed E-state index contributed by atoms with van der Waals surface area (Å²) in [6.07, 6.45) is 5.84. The molecule has 0 aliphatic carbocycles. The van der Waals surface area contributed by atoms with E-state index in [0.29, 0.717) is 0 Å². The molecule has 0 saturated carbocycles. The minimum absolute atomic E-state index is 0.00813. The Hall–Kier alpha value is -1.62. The van der Waals surface area contributed by atoms with E-state index in [-0.39, 0.29) is 11.5 Å². The number of nitrogens with zero attached hydrogens (tertiary/aromatic N) is 4. The van der Waals surface area contributed by atoms with Crippen LogP contribution in [0, 0.1) is 0 Å². The molecule has 0 unspecified atom stereocenters. The van der Waals surface area contributed by atoms with Gasteiger partial charge in [0.25, 0.3) is 0 Å². The highest BCUT2D eigenvalue weighted by Gasteiger charge is 2.23. The van der Waals surface area contributed by atoms with Crippen LogP contribution in [0.4, 0.5) is 0 Å². The van der Waals surface area contributed by atoms with Crippen molar-refractivity contribution in [3.63, 3.8) is 0 Å². The molecule has 21 heavy (non-hydrogen) atoms. The van der Waals surface area contributed by atoms with Gasteiger partial charge < -0.3 is 4.42 Å². The molecule has 2 rings (SSSR count). The maximum atomic E-state index is 5.92. The average Bonchev–Trinajstić information content (AvgIpc) is 3.05. The van der Waals surface area contributed by atoms with E-state index in [2.05, 4.69) is 62.8 Å². The lowest BCUT2D eigenvalue weighted by atomic mass is 9.94. The summed E-state index contributed by atoms with van der Waals surface area (Å²) in [7, 11) is 2.08. The van der Waals surface area contributed by atoms with Crippen LogP contribution in [-0.4, -0.2) is 26.7 Å². The van der Waals surface area contributed by atoms with Gasteiger partial charge in [0.05, 0.1) is 18.4 Å². The van der Waals surface area contributed by atoms with Crippen molar-refractivity contribution in [3.05, 3.63) is 35.8 Å².